The topological polar surface area (TPSA) is 99.2 Å². The van der Waals surface area contributed by atoms with Crippen LogP contribution in [0.3, 0.4) is 0 Å². The molecule has 0 bridgehead atoms. The van der Waals surface area contributed by atoms with Crippen molar-refractivity contribution in [2.45, 2.75) is 17.7 Å². The highest BCUT2D eigenvalue weighted by atomic mass is 35.5. The molecule has 32 heavy (non-hydrogen) atoms. The normalized spacial score (nSPS) is 17.0. The Kier molecular flexibility index (Phi) is 6.68. The molecule has 0 aliphatic carbocycles. The van der Waals surface area contributed by atoms with Gasteiger partial charge in [0.1, 0.15) is 13.2 Å². The third-order valence-electron chi connectivity index (χ3n) is 5.45. The Morgan fingerprint density at radius 2 is 1.66 bits per heavy atom. The molecule has 0 amide bonds. The Balaban J connectivity index is 1.31. The van der Waals surface area contributed by atoms with Crippen molar-refractivity contribution in [3.63, 3.8) is 0 Å². The summed E-state index contributed by atoms with van der Waals surface area (Å²) in [5.41, 5.74) is 0.405. The standard InChI is InChI=1S/C22H22ClNO7S/c23-17-3-1-15(2-4-17)19(25)14-31-22(26)16-7-9-24(10-8-16)32(27,28)18-5-6-20-21(13-18)30-12-11-29-20/h1-6,13,16H,7-12,14H2. The number of esters is 1. The predicted octanol–water partition coefficient (Wildman–Crippen LogP) is 2.94. The van der Waals surface area contributed by atoms with Gasteiger partial charge in [-0.15, -0.1) is 0 Å². The fraction of sp³-hybridized carbons (Fsp3) is 0.364. The number of sulfonamides is 1. The van der Waals surface area contributed by atoms with Gasteiger partial charge in [-0.1, -0.05) is 11.6 Å². The molecule has 2 aromatic rings. The summed E-state index contributed by atoms with van der Waals surface area (Å²) in [7, 11) is -3.73. The SMILES string of the molecule is O=C(COC(=O)C1CCN(S(=O)(=O)c2ccc3c(c2)OCCO3)CC1)c1ccc(Cl)cc1. The molecule has 8 nitrogen and oxygen atoms in total. The number of nitrogens with zero attached hydrogens (tertiary/aromatic N) is 1. The van der Waals surface area contributed by atoms with E-state index in [9.17, 15) is 18.0 Å². The summed E-state index contributed by atoms with van der Waals surface area (Å²) in [4.78, 5) is 24.7. The van der Waals surface area contributed by atoms with Crippen LogP contribution >= 0.6 is 11.6 Å². The molecule has 0 atom stereocenters. The Labute approximate surface area is 191 Å². The van der Waals surface area contributed by atoms with Crippen molar-refractivity contribution in [2.24, 2.45) is 5.92 Å². The molecule has 2 aliphatic heterocycles. The van der Waals surface area contributed by atoms with Crippen molar-refractivity contribution < 1.29 is 32.2 Å². The highest BCUT2D eigenvalue weighted by Gasteiger charge is 2.33. The maximum atomic E-state index is 13.0. The van der Waals surface area contributed by atoms with Gasteiger partial charge in [-0.25, -0.2) is 8.42 Å². The fourth-order valence-corrected chi connectivity index (χ4v) is 5.25. The lowest BCUT2D eigenvalue weighted by Gasteiger charge is -2.30. The Morgan fingerprint density at radius 1 is 1.00 bits per heavy atom. The number of ketones is 1. The molecule has 0 saturated carbocycles. The molecule has 0 unspecified atom stereocenters. The first-order valence-corrected chi connectivity index (χ1v) is 12.0. The van der Waals surface area contributed by atoms with E-state index in [1.807, 2.05) is 0 Å². The van der Waals surface area contributed by atoms with Crippen molar-refractivity contribution in [1.82, 2.24) is 4.31 Å². The summed E-state index contributed by atoms with van der Waals surface area (Å²) in [6.07, 6.45) is 0.634. The molecular weight excluding hydrogens is 458 g/mol. The van der Waals surface area contributed by atoms with Crippen LogP contribution in [0.25, 0.3) is 0 Å². The number of piperidine rings is 1. The van der Waals surface area contributed by atoms with E-state index in [0.717, 1.165) is 0 Å². The summed E-state index contributed by atoms with van der Waals surface area (Å²) in [6.45, 7) is 0.790. The first-order chi connectivity index (χ1) is 15.3. The first-order valence-electron chi connectivity index (χ1n) is 10.2. The van der Waals surface area contributed by atoms with Crippen LogP contribution in [-0.4, -0.2) is 57.4 Å². The van der Waals surface area contributed by atoms with Gasteiger partial charge in [-0.3, -0.25) is 9.59 Å². The number of carbonyl (C=O) groups is 2. The number of fused-ring (bicyclic) bond motifs is 1. The summed E-state index contributed by atoms with van der Waals surface area (Å²) in [5, 5.41) is 0.511. The lowest BCUT2D eigenvalue weighted by Crippen LogP contribution is -2.40. The van der Waals surface area contributed by atoms with E-state index in [-0.39, 0.29) is 30.4 Å². The minimum absolute atomic E-state index is 0.122. The lowest BCUT2D eigenvalue weighted by molar-refractivity contribution is -0.148. The number of hydrogen-bond acceptors (Lipinski definition) is 7. The number of benzene rings is 2. The fourth-order valence-electron chi connectivity index (χ4n) is 3.64. The summed E-state index contributed by atoms with van der Waals surface area (Å²) < 4.78 is 43.4. The number of rotatable bonds is 6. The van der Waals surface area contributed by atoms with Gasteiger partial charge >= 0.3 is 5.97 Å². The average molecular weight is 480 g/mol. The van der Waals surface area contributed by atoms with Gasteiger partial charge in [0.15, 0.2) is 23.9 Å². The van der Waals surface area contributed by atoms with Crippen LogP contribution in [0.5, 0.6) is 11.5 Å². The van der Waals surface area contributed by atoms with E-state index in [2.05, 4.69) is 0 Å². The third-order valence-corrected chi connectivity index (χ3v) is 7.60. The molecule has 1 saturated heterocycles. The van der Waals surface area contributed by atoms with Gasteiger partial charge < -0.3 is 14.2 Å². The molecule has 0 radical (unpaired) electrons. The van der Waals surface area contributed by atoms with Crippen LogP contribution in [0.2, 0.25) is 5.02 Å². The zero-order valence-electron chi connectivity index (χ0n) is 17.2. The highest BCUT2D eigenvalue weighted by Crippen LogP contribution is 2.34. The maximum absolute atomic E-state index is 13.0. The molecule has 2 heterocycles. The lowest BCUT2D eigenvalue weighted by atomic mass is 9.98. The van der Waals surface area contributed by atoms with E-state index in [0.29, 0.717) is 48.1 Å². The Hall–Kier alpha value is -2.62. The number of ether oxygens (including phenoxy) is 3. The average Bonchev–Trinajstić information content (AvgIpc) is 2.82. The number of Topliss-reactive ketones (excluding diaryl/α,β-unsaturated/α-hetero) is 1. The molecule has 170 valence electrons. The van der Waals surface area contributed by atoms with Crippen LogP contribution in [0.1, 0.15) is 23.2 Å². The maximum Gasteiger partial charge on any atom is 0.309 e. The molecular formula is C22H22ClNO7S. The zero-order chi connectivity index (χ0) is 22.7. The van der Waals surface area contributed by atoms with Crippen LogP contribution in [-0.2, 0) is 19.6 Å². The predicted molar refractivity (Wildman–Crippen MR) is 116 cm³/mol. The summed E-state index contributed by atoms with van der Waals surface area (Å²) in [5.74, 6) is -0.358. The van der Waals surface area contributed by atoms with Gasteiger partial charge in [-0.2, -0.15) is 4.31 Å². The highest BCUT2D eigenvalue weighted by molar-refractivity contribution is 7.89. The van der Waals surface area contributed by atoms with Crippen molar-refractivity contribution in [3.8, 4) is 11.5 Å². The molecule has 2 aliphatic rings. The third kappa shape index (κ3) is 4.90. The van der Waals surface area contributed by atoms with Crippen molar-refractivity contribution >= 4 is 33.4 Å². The number of carbonyl (C=O) groups excluding carboxylic acids is 2. The van der Waals surface area contributed by atoms with Crippen LogP contribution in [0.4, 0.5) is 0 Å². The first kappa shape index (κ1) is 22.6. The Morgan fingerprint density at radius 3 is 2.34 bits per heavy atom. The van der Waals surface area contributed by atoms with Gasteiger partial charge in [0.2, 0.25) is 10.0 Å². The molecule has 0 N–H and O–H groups in total. The largest absolute Gasteiger partial charge is 0.486 e. The summed E-state index contributed by atoms with van der Waals surface area (Å²) >= 11 is 5.80. The second-order valence-corrected chi connectivity index (χ2v) is 9.90. The van der Waals surface area contributed by atoms with E-state index in [1.165, 1.54) is 16.4 Å². The second kappa shape index (κ2) is 9.48. The number of halogens is 1. The van der Waals surface area contributed by atoms with Crippen molar-refractivity contribution in [2.75, 3.05) is 32.9 Å². The molecule has 4 rings (SSSR count). The monoisotopic (exact) mass is 479 g/mol. The van der Waals surface area contributed by atoms with Crippen molar-refractivity contribution in [1.29, 1.82) is 0 Å². The quantitative estimate of drug-likeness (QED) is 0.464. The minimum atomic E-state index is -3.73. The van der Waals surface area contributed by atoms with Gasteiger partial charge in [0.25, 0.3) is 0 Å². The van der Waals surface area contributed by atoms with Crippen LogP contribution < -0.4 is 9.47 Å². The minimum Gasteiger partial charge on any atom is -0.486 e. The molecule has 10 heteroatoms. The molecule has 0 spiro atoms. The molecule has 0 aromatic heterocycles. The van der Waals surface area contributed by atoms with E-state index in [1.54, 1.807) is 30.3 Å². The van der Waals surface area contributed by atoms with Gasteiger partial charge in [0, 0.05) is 29.7 Å². The van der Waals surface area contributed by atoms with Crippen LogP contribution in [0.15, 0.2) is 47.4 Å². The second-order valence-electron chi connectivity index (χ2n) is 7.52. The molecule has 1 fully saturated rings. The Bertz CT molecular complexity index is 1110. The summed E-state index contributed by atoms with van der Waals surface area (Å²) in [6, 6.07) is 10.9. The van der Waals surface area contributed by atoms with E-state index in [4.69, 9.17) is 25.8 Å². The zero-order valence-corrected chi connectivity index (χ0v) is 18.7. The van der Waals surface area contributed by atoms with Crippen molar-refractivity contribution in [3.05, 3.63) is 53.1 Å². The van der Waals surface area contributed by atoms with Crippen LogP contribution in [0, 0.1) is 5.92 Å². The van der Waals surface area contributed by atoms with E-state index < -0.39 is 21.9 Å². The molecule has 2 aromatic carbocycles. The van der Waals surface area contributed by atoms with E-state index >= 15 is 0 Å². The smallest absolute Gasteiger partial charge is 0.309 e. The van der Waals surface area contributed by atoms with Gasteiger partial charge in [0.05, 0.1) is 10.8 Å². The van der Waals surface area contributed by atoms with Gasteiger partial charge in [-0.05, 0) is 49.2 Å². The number of hydrogen-bond donors (Lipinski definition) is 0.